The molecule has 0 aliphatic heterocycles. The van der Waals surface area contributed by atoms with E-state index in [4.69, 9.17) is 28.9 Å². The van der Waals surface area contributed by atoms with Crippen LogP contribution in [0.4, 0.5) is 10.8 Å². The highest BCUT2D eigenvalue weighted by atomic mass is 35.5. The molecule has 1 aromatic heterocycles. The number of carbonyl (C=O) groups is 1. The lowest BCUT2D eigenvalue weighted by molar-refractivity contribution is 0.102. The summed E-state index contributed by atoms with van der Waals surface area (Å²) in [5, 5.41) is 10.0. The van der Waals surface area contributed by atoms with E-state index in [1.54, 1.807) is 0 Å². The van der Waals surface area contributed by atoms with Gasteiger partial charge in [0.2, 0.25) is 5.13 Å². The molecule has 88 valence electrons. The first-order chi connectivity index (χ1) is 8.08. The van der Waals surface area contributed by atoms with Gasteiger partial charge in [0.1, 0.15) is 0 Å². The molecular formula is C8H5Cl2N5OS. The van der Waals surface area contributed by atoms with Gasteiger partial charge in [0.25, 0.3) is 5.91 Å². The number of nitrogen functional groups attached to an aromatic ring is 1. The van der Waals surface area contributed by atoms with Gasteiger partial charge in [0, 0.05) is 17.2 Å². The summed E-state index contributed by atoms with van der Waals surface area (Å²) in [4.78, 5) is 11.8. The second-order valence-corrected chi connectivity index (χ2v) is 4.50. The number of carbonyl (C=O) groups excluding carboxylic acids is 1. The van der Waals surface area contributed by atoms with Gasteiger partial charge in [-0.3, -0.25) is 10.1 Å². The number of benzene rings is 1. The van der Waals surface area contributed by atoms with Crippen LogP contribution in [-0.4, -0.2) is 20.7 Å². The fourth-order valence-electron chi connectivity index (χ4n) is 1.12. The molecule has 0 aliphatic rings. The Bertz CT molecular complexity index is 559. The molecule has 9 heteroatoms. The number of nitrogens with zero attached hydrogens (tertiary/aromatic N) is 3. The Hall–Kier alpha value is -1.44. The van der Waals surface area contributed by atoms with Crippen molar-refractivity contribution in [1.82, 2.24) is 14.8 Å². The normalized spacial score (nSPS) is 10.2. The number of rotatable bonds is 2. The number of nitrogens with two attached hydrogens (primary N) is 1. The molecule has 0 bridgehead atoms. The molecule has 0 saturated heterocycles. The van der Waals surface area contributed by atoms with Crippen LogP contribution in [0.2, 0.25) is 10.0 Å². The first kappa shape index (κ1) is 12.0. The van der Waals surface area contributed by atoms with Gasteiger partial charge in [-0.25, -0.2) is 0 Å². The van der Waals surface area contributed by atoms with Gasteiger partial charge < -0.3 is 5.73 Å². The molecule has 0 aliphatic carbocycles. The van der Waals surface area contributed by atoms with Crippen molar-refractivity contribution >= 4 is 51.5 Å². The lowest BCUT2D eigenvalue weighted by Gasteiger charge is -2.06. The SMILES string of the molecule is Nc1cc(Cl)c(Cl)c(C(=O)Nc2nnns2)c1. The molecule has 0 fully saturated rings. The minimum Gasteiger partial charge on any atom is -0.399 e. The van der Waals surface area contributed by atoms with Gasteiger partial charge >= 0.3 is 0 Å². The standard InChI is InChI=1S/C8H5Cl2N5OS/c9-5-2-3(11)1-4(6(5)10)7(16)12-8-13-14-15-17-8/h1-2H,11H2,(H,12,13,15,16). The molecule has 1 amide bonds. The second kappa shape index (κ2) is 4.82. The van der Waals surface area contributed by atoms with E-state index in [1.807, 2.05) is 0 Å². The summed E-state index contributed by atoms with van der Waals surface area (Å²) in [6, 6.07) is 2.89. The maximum absolute atomic E-state index is 11.8. The van der Waals surface area contributed by atoms with Crippen LogP contribution in [0.3, 0.4) is 0 Å². The Balaban J connectivity index is 2.31. The maximum Gasteiger partial charge on any atom is 0.259 e. The molecule has 2 aromatic rings. The first-order valence-corrected chi connectivity index (χ1v) is 5.82. The average molecular weight is 290 g/mol. The Morgan fingerprint density at radius 2 is 2.18 bits per heavy atom. The number of hydrogen-bond acceptors (Lipinski definition) is 6. The monoisotopic (exact) mass is 289 g/mol. The van der Waals surface area contributed by atoms with Crippen LogP contribution in [-0.2, 0) is 0 Å². The molecule has 0 spiro atoms. The molecule has 17 heavy (non-hydrogen) atoms. The van der Waals surface area contributed by atoms with E-state index in [1.165, 1.54) is 12.1 Å². The number of nitrogens with one attached hydrogen (secondary N) is 1. The van der Waals surface area contributed by atoms with E-state index < -0.39 is 5.91 Å². The zero-order valence-electron chi connectivity index (χ0n) is 8.15. The third-order valence-corrected chi connectivity index (χ3v) is 3.13. The molecule has 0 radical (unpaired) electrons. The molecule has 0 saturated carbocycles. The third-order valence-electron chi connectivity index (χ3n) is 1.81. The summed E-state index contributed by atoms with van der Waals surface area (Å²) in [6.45, 7) is 0. The van der Waals surface area contributed by atoms with Crippen molar-refractivity contribution in [3.05, 3.63) is 27.7 Å². The van der Waals surface area contributed by atoms with Crippen LogP contribution in [0.1, 0.15) is 10.4 Å². The van der Waals surface area contributed by atoms with Crippen LogP contribution >= 0.6 is 34.7 Å². The summed E-state index contributed by atoms with van der Waals surface area (Å²) in [7, 11) is 0. The lowest BCUT2D eigenvalue weighted by atomic mass is 10.2. The van der Waals surface area contributed by atoms with Crippen LogP contribution in [0, 0.1) is 0 Å². The molecular weight excluding hydrogens is 285 g/mol. The largest absolute Gasteiger partial charge is 0.399 e. The van der Waals surface area contributed by atoms with Gasteiger partial charge in [0.05, 0.1) is 15.6 Å². The summed E-state index contributed by atoms with van der Waals surface area (Å²) in [5.74, 6) is -0.470. The molecule has 2 rings (SSSR count). The van der Waals surface area contributed by atoms with Crippen LogP contribution in [0.25, 0.3) is 0 Å². The molecule has 1 heterocycles. The number of amides is 1. The molecule has 0 unspecified atom stereocenters. The number of aromatic nitrogens is 3. The van der Waals surface area contributed by atoms with Crippen molar-refractivity contribution < 1.29 is 4.79 Å². The third kappa shape index (κ3) is 2.63. The summed E-state index contributed by atoms with van der Waals surface area (Å²) in [6.07, 6.45) is 0. The van der Waals surface area contributed by atoms with Crippen molar-refractivity contribution in [3.63, 3.8) is 0 Å². The van der Waals surface area contributed by atoms with Crippen LogP contribution in [0.5, 0.6) is 0 Å². The average Bonchev–Trinajstić information content (AvgIpc) is 2.76. The zero-order valence-corrected chi connectivity index (χ0v) is 10.5. The molecule has 3 N–H and O–H groups in total. The number of anilines is 2. The Labute approximate surface area is 110 Å². The highest BCUT2D eigenvalue weighted by Crippen LogP contribution is 2.29. The zero-order chi connectivity index (χ0) is 12.4. The fraction of sp³-hybridized carbons (Fsp3) is 0. The minimum absolute atomic E-state index is 0.135. The van der Waals surface area contributed by atoms with Gasteiger partial charge in [0.15, 0.2) is 0 Å². The van der Waals surface area contributed by atoms with E-state index in [9.17, 15) is 4.79 Å². The van der Waals surface area contributed by atoms with Gasteiger partial charge in [-0.05, 0) is 17.3 Å². The van der Waals surface area contributed by atoms with E-state index >= 15 is 0 Å². The number of hydrogen-bond donors (Lipinski definition) is 2. The van der Waals surface area contributed by atoms with Crippen molar-refractivity contribution in [2.24, 2.45) is 0 Å². The van der Waals surface area contributed by atoms with Gasteiger partial charge in [-0.15, -0.1) is 0 Å². The van der Waals surface area contributed by atoms with Gasteiger partial charge in [-0.1, -0.05) is 32.8 Å². The van der Waals surface area contributed by atoms with E-state index in [0.717, 1.165) is 11.5 Å². The predicted molar refractivity (Wildman–Crippen MR) is 66.5 cm³/mol. The molecule has 1 aromatic carbocycles. The fourth-order valence-corrected chi connectivity index (χ4v) is 1.91. The van der Waals surface area contributed by atoms with E-state index in [-0.39, 0.29) is 20.7 Å². The molecule has 6 nitrogen and oxygen atoms in total. The first-order valence-electron chi connectivity index (χ1n) is 4.29. The summed E-state index contributed by atoms with van der Waals surface area (Å²) >= 11 is 12.7. The van der Waals surface area contributed by atoms with Crippen LogP contribution < -0.4 is 11.1 Å². The highest BCUT2D eigenvalue weighted by Gasteiger charge is 2.15. The Kier molecular flexibility index (Phi) is 3.41. The lowest BCUT2D eigenvalue weighted by Crippen LogP contribution is -2.13. The quantitative estimate of drug-likeness (QED) is 0.826. The highest BCUT2D eigenvalue weighted by molar-refractivity contribution is 7.09. The predicted octanol–water partition coefficient (Wildman–Crippen LogP) is 2.07. The minimum atomic E-state index is -0.470. The Morgan fingerprint density at radius 3 is 2.82 bits per heavy atom. The molecule has 0 atom stereocenters. The van der Waals surface area contributed by atoms with Gasteiger partial charge in [-0.2, -0.15) is 0 Å². The summed E-state index contributed by atoms with van der Waals surface area (Å²) < 4.78 is 3.51. The van der Waals surface area contributed by atoms with E-state index in [2.05, 4.69) is 20.1 Å². The Morgan fingerprint density at radius 1 is 1.41 bits per heavy atom. The second-order valence-electron chi connectivity index (χ2n) is 2.99. The van der Waals surface area contributed by atoms with Crippen LogP contribution in [0.15, 0.2) is 12.1 Å². The maximum atomic E-state index is 11.8. The van der Waals surface area contributed by atoms with Crippen molar-refractivity contribution in [2.45, 2.75) is 0 Å². The van der Waals surface area contributed by atoms with Crippen molar-refractivity contribution in [3.8, 4) is 0 Å². The smallest absolute Gasteiger partial charge is 0.259 e. The van der Waals surface area contributed by atoms with Crippen molar-refractivity contribution in [2.75, 3.05) is 11.1 Å². The topological polar surface area (TPSA) is 93.8 Å². The van der Waals surface area contributed by atoms with Crippen molar-refractivity contribution in [1.29, 1.82) is 0 Å². The summed E-state index contributed by atoms with van der Waals surface area (Å²) in [5.41, 5.74) is 6.10. The number of halogens is 2. The van der Waals surface area contributed by atoms with E-state index in [0.29, 0.717) is 5.69 Å².